The molecule has 1 rings (SSSR count). The topological polar surface area (TPSA) is 29.3 Å². The average Bonchev–Trinajstić information content (AvgIpc) is 2.04. The van der Waals surface area contributed by atoms with Crippen LogP contribution in [-0.4, -0.2) is 30.1 Å². The van der Waals surface area contributed by atoms with Gasteiger partial charge in [-0.05, 0) is 33.2 Å². The molecule has 1 heterocycles. The Morgan fingerprint density at radius 1 is 1.45 bits per heavy atom. The number of hydrogen-bond acceptors (Lipinski definition) is 2. The van der Waals surface area contributed by atoms with Gasteiger partial charge >= 0.3 is 0 Å². The number of hydrogen-bond donors (Lipinski definition) is 1. The number of rotatable bonds is 2. The average molecular weight is 156 g/mol. The lowest BCUT2D eigenvalue weighted by Crippen LogP contribution is -2.47. The molecule has 2 N–H and O–H groups in total. The molecule has 1 saturated heterocycles. The summed E-state index contributed by atoms with van der Waals surface area (Å²) in [6, 6.07) is 1.33. The maximum atomic E-state index is 5.69. The third-order valence-corrected chi connectivity index (χ3v) is 2.61. The molecule has 2 nitrogen and oxygen atoms in total. The normalized spacial score (nSPS) is 27.8. The van der Waals surface area contributed by atoms with Gasteiger partial charge in [0.25, 0.3) is 0 Å². The van der Waals surface area contributed by atoms with E-state index in [2.05, 4.69) is 18.7 Å². The highest BCUT2D eigenvalue weighted by Gasteiger charge is 2.22. The minimum atomic E-state index is 0.656. The van der Waals surface area contributed by atoms with Crippen molar-refractivity contribution in [1.29, 1.82) is 0 Å². The van der Waals surface area contributed by atoms with Crippen LogP contribution in [0, 0.1) is 0 Å². The van der Waals surface area contributed by atoms with Crippen molar-refractivity contribution in [2.45, 2.75) is 45.2 Å². The summed E-state index contributed by atoms with van der Waals surface area (Å²) < 4.78 is 0. The van der Waals surface area contributed by atoms with Crippen molar-refractivity contribution in [1.82, 2.24) is 4.90 Å². The first-order chi connectivity index (χ1) is 5.25. The zero-order valence-electron chi connectivity index (χ0n) is 7.71. The van der Waals surface area contributed by atoms with Gasteiger partial charge in [0.15, 0.2) is 0 Å². The van der Waals surface area contributed by atoms with Crippen molar-refractivity contribution < 1.29 is 0 Å². The largest absolute Gasteiger partial charge is 0.329 e. The monoisotopic (exact) mass is 156 g/mol. The van der Waals surface area contributed by atoms with Gasteiger partial charge in [-0.15, -0.1) is 0 Å². The maximum Gasteiger partial charge on any atom is 0.0221 e. The van der Waals surface area contributed by atoms with Crippen LogP contribution in [-0.2, 0) is 0 Å². The van der Waals surface area contributed by atoms with E-state index in [0.29, 0.717) is 12.1 Å². The van der Waals surface area contributed by atoms with E-state index in [0.717, 1.165) is 6.54 Å². The fourth-order valence-electron chi connectivity index (χ4n) is 1.96. The molecular weight excluding hydrogens is 136 g/mol. The van der Waals surface area contributed by atoms with Crippen LogP contribution in [0.2, 0.25) is 0 Å². The minimum Gasteiger partial charge on any atom is -0.329 e. The van der Waals surface area contributed by atoms with Crippen molar-refractivity contribution in [2.24, 2.45) is 5.73 Å². The third kappa shape index (κ3) is 2.17. The molecule has 11 heavy (non-hydrogen) atoms. The van der Waals surface area contributed by atoms with Crippen LogP contribution in [0.15, 0.2) is 0 Å². The van der Waals surface area contributed by atoms with Crippen LogP contribution < -0.4 is 5.73 Å². The molecule has 0 saturated carbocycles. The Labute approximate surface area is 69.8 Å². The Bertz CT molecular complexity index is 112. The van der Waals surface area contributed by atoms with Crippen molar-refractivity contribution in [3.63, 3.8) is 0 Å². The predicted molar refractivity (Wildman–Crippen MR) is 48.5 cm³/mol. The lowest BCUT2D eigenvalue weighted by atomic mass is 10.0. The zero-order chi connectivity index (χ0) is 8.27. The molecule has 0 radical (unpaired) electrons. The van der Waals surface area contributed by atoms with E-state index < -0.39 is 0 Å². The lowest BCUT2D eigenvalue weighted by Gasteiger charge is -2.37. The van der Waals surface area contributed by atoms with Gasteiger partial charge in [-0.2, -0.15) is 0 Å². The highest BCUT2D eigenvalue weighted by Crippen LogP contribution is 2.18. The van der Waals surface area contributed by atoms with E-state index >= 15 is 0 Å². The minimum absolute atomic E-state index is 0.656. The summed E-state index contributed by atoms with van der Waals surface area (Å²) in [6.45, 7) is 6.60. The zero-order valence-corrected chi connectivity index (χ0v) is 7.71. The number of likely N-dealkylation sites (tertiary alicyclic amines) is 1. The first-order valence-electron chi connectivity index (χ1n) is 4.71. The third-order valence-electron chi connectivity index (χ3n) is 2.61. The fourth-order valence-corrected chi connectivity index (χ4v) is 1.96. The summed E-state index contributed by atoms with van der Waals surface area (Å²) in [7, 11) is 0. The van der Waals surface area contributed by atoms with Crippen LogP contribution in [0.1, 0.15) is 33.1 Å². The maximum absolute atomic E-state index is 5.69. The van der Waals surface area contributed by atoms with E-state index in [9.17, 15) is 0 Å². The molecule has 1 aliphatic heterocycles. The first kappa shape index (κ1) is 9.01. The van der Waals surface area contributed by atoms with Gasteiger partial charge in [0, 0.05) is 18.6 Å². The van der Waals surface area contributed by atoms with Crippen molar-refractivity contribution in [3.8, 4) is 0 Å². The van der Waals surface area contributed by atoms with Gasteiger partial charge < -0.3 is 5.73 Å². The van der Waals surface area contributed by atoms with E-state index in [1.165, 1.54) is 25.8 Å². The SMILES string of the molecule is CC(C)N1CCCC[C@H]1CN. The highest BCUT2D eigenvalue weighted by atomic mass is 15.2. The van der Waals surface area contributed by atoms with E-state index in [-0.39, 0.29) is 0 Å². The van der Waals surface area contributed by atoms with Gasteiger partial charge in [-0.25, -0.2) is 0 Å². The first-order valence-corrected chi connectivity index (χ1v) is 4.71. The number of nitrogens with zero attached hydrogens (tertiary/aromatic N) is 1. The van der Waals surface area contributed by atoms with Crippen molar-refractivity contribution in [3.05, 3.63) is 0 Å². The molecule has 0 amide bonds. The summed E-state index contributed by atoms with van der Waals surface area (Å²) in [6.07, 6.45) is 4.02. The predicted octanol–water partition coefficient (Wildman–Crippen LogP) is 1.21. The van der Waals surface area contributed by atoms with E-state index in [4.69, 9.17) is 5.73 Å². The fraction of sp³-hybridized carbons (Fsp3) is 1.00. The van der Waals surface area contributed by atoms with Crippen LogP contribution in [0.3, 0.4) is 0 Å². The molecule has 0 aromatic carbocycles. The molecule has 1 fully saturated rings. The van der Waals surface area contributed by atoms with Crippen LogP contribution >= 0.6 is 0 Å². The van der Waals surface area contributed by atoms with Gasteiger partial charge in [-0.1, -0.05) is 6.42 Å². The number of piperidine rings is 1. The molecule has 0 aliphatic carbocycles. The van der Waals surface area contributed by atoms with Gasteiger partial charge in [0.1, 0.15) is 0 Å². The molecule has 0 bridgehead atoms. The second kappa shape index (κ2) is 4.07. The molecule has 1 atom stereocenters. The van der Waals surface area contributed by atoms with Crippen molar-refractivity contribution in [2.75, 3.05) is 13.1 Å². The molecule has 0 spiro atoms. The molecule has 1 aliphatic rings. The molecule has 2 heteroatoms. The lowest BCUT2D eigenvalue weighted by molar-refractivity contribution is 0.117. The second-order valence-corrected chi connectivity index (χ2v) is 3.72. The molecule has 0 aromatic rings. The Balaban J connectivity index is 2.44. The molecule has 0 aromatic heterocycles. The standard InChI is InChI=1S/C9H20N2/c1-8(2)11-6-4-3-5-9(11)7-10/h8-9H,3-7,10H2,1-2H3/t9-/m0/s1. The molecule has 66 valence electrons. The second-order valence-electron chi connectivity index (χ2n) is 3.72. The Kier molecular flexibility index (Phi) is 3.34. The van der Waals surface area contributed by atoms with Crippen LogP contribution in [0.4, 0.5) is 0 Å². The van der Waals surface area contributed by atoms with Gasteiger partial charge in [0.05, 0.1) is 0 Å². The smallest absolute Gasteiger partial charge is 0.0221 e. The van der Waals surface area contributed by atoms with Crippen molar-refractivity contribution >= 4 is 0 Å². The molecular formula is C9H20N2. The summed E-state index contributed by atoms with van der Waals surface area (Å²) in [5.74, 6) is 0. The Morgan fingerprint density at radius 3 is 2.64 bits per heavy atom. The molecule has 0 unspecified atom stereocenters. The summed E-state index contributed by atoms with van der Waals surface area (Å²) in [5, 5.41) is 0. The van der Waals surface area contributed by atoms with Gasteiger partial charge in [0.2, 0.25) is 0 Å². The number of nitrogens with two attached hydrogens (primary N) is 1. The summed E-state index contributed by atoms with van der Waals surface area (Å²) in [4.78, 5) is 2.53. The summed E-state index contributed by atoms with van der Waals surface area (Å²) >= 11 is 0. The Morgan fingerprint density at radius 2 is 2.18 bits per heavy atom. The summed E-state index contributed by atoms with van der Waals surface area (Å²) in [5.41, 5.74) is 5.69. The van der Waals surface area contributed by atoms with Crippen LogP contribution in [0.5, 0.6) is 0 Å². The highest BCUT2D eigenvalue weighted by molar-refractivity contribution is 4.79. The quantitative estimate of drug-likeness (QED) is 0.651. The Hall–Kier alpha value is -0.0800. The van der Waals surface area contributed by atoms with E-state index in [1.54, 1.807) is 0 Å². The van der Waals surface area contributed by atoms with E-state index in [1.807, 2.05) is 0 Å². The van der Waals surface area contributed by atoms with Crippen LogP contribution in [0.25, 0.3) is 0 Å². The van der Waals surface area contributed by atoms with Gasteiger partial charge in [-0.3, -0.25) is 4.90 Å².